The molecule has 3 aromatic rings. The first-order valence-corrected chi connectivity index (χ1v) is 8.70. The maximum absolute atomic E-state index is 12.7. The Bertz CT molecular complexity index is 931. The smallest absolute Gasteiger partial charge is 0.274 e. The fourth-order valence-corrected chi connectivity index (χ4v) is 2.75. The lowest BCUT2D eigenvalue weighted by Crippen LogP contribution is -2.28. The molecule has 1 unspecified atom stereocenters. The van der Waals surface area contributed by atoms with Gasteiger partial charge >= 0.3 is 0 Å². The van der Waals surface area contributed by atoms with E-state index in [0.717, 1.165) is 0 Å². The Labute approximate surface area is 160 Å². The molecule has 3 heterocycles. The summed E-state index contributed by atoms with van der Waals surface area (Å²) in [4.78, 5) is 25.1. The van der Waals surface area contributed by atoms with Crippen molar-refractivity contribution in [1.82, 2.24) is 24.9 Å². The van der Waals surface area contributed by atoms with Gasteiger partial charge in [-0.15, -0.1) is 0 Å². The quantitative estimate of drug-likeness (QED) is 0.644. The Kier molecular flexibility index (Phi) is 5.60. The van der Waals surface area contributed by atoms with Crippen molar-refractivity contribution in [3.8, 4) is 0 Å². The molecule has 0 aliphatic carbocycles. The highest BCUT2D eigenvalue weighted by atomic mass is 35.5. The molecule has 1 atom stereocenters. The van der Waals surface area contributed by atoms with Gasteiger partial charge in [0.25, 0.3) is 5.91 Å². The van der Waals surface area contributed by atoms with Crippen molar-refractivity contribution in [3.05, 3.63) is 53.5 Å². The van der Waals surface area contributed by atoms with Crippen LogP contribution in [0, 0.1) is 0 Å². The number of hydrogen-bond acceptors (Lipinski definition) is 5. The number of nitrogens with zero attached hydrogens (tertiary/aromatic N) is 4. The van der Waals surface area contributed by atoms with Gasteiger partial charge in [0.1, 0.15) is 11.8 Å². The lowest BCUT2D eigenvalue weighted by atomic mass is 10.2. The molecule has 0 aliphatic rings. The monoisotopic (exact) mass is 390 g/mol. The SMILES string of the molecule is CCC(C(=O)Nc1cn(C)nc1C(=O)NCc1ccco1)n1cc(Cl)cn1. The standard InChI is InChI=1S/C17H19ClN6O3/c1-3-14(24-9-11(18)7-20-24)16(25)21-13-10-23(2)22-15(13)17(26)19-8-12-5-4-6-27-12/h4-7,9-10,14H,3,8H2,1-2H3,(H,19,26)(H,21,25). The number of aryl methyl sites for hydroxylation is 1. The van der Waals surface area contributed by atoms with Gasteiger partial charge in [-0.25, -0.2) is 0 Å². The number of furan rings is 1. The average Bonchev–Trinajstić information content (AvgIpc) is 3.36. The van der Waals surface area contributed by atoms with Crippen LogP contribution in [0.4, 0.5) is 5.69 Å². The summed E-state index contributed by atoms with van der Waals surface area (Å²) in [5, 5.41) is 14.1. The Morgan fingerprint density at radius 1 is 1.37 bits per heavy atom. The van der Waals surface area contributed by atoms with Crippen LogP contribution in [-0.4, -0.2) is 31.4 Å². The number of halogens is 1. The summed E-state index contributed by atoms with van der Waals surface area (Å²) in [5.74, 6) is -0.116. The molecule has 3 rings (SSSR count). The van der Waals surface area contributed by atoms with Crippen LogP contribution < -0.4 is 10.6 Å². The summed E-state index contributed by atoms with van der Waals surface area (Å²) < 4.78 is 8.14. The third-order valence-electron chi connectivity index (χ3n) is 3.88. The van der Waals surface area contributed by atoms with Gasteiger partial charge in [-0.2, -0.15) is 10.2 Å². The number of hydrogen-bond donors (Lipinski definition) is 2. The summed E-state index contributed by atoms with van der Waals surface area (Å²) in [7, 11) is 1.67. The lowest BCUT2D eigenvalue weighted by molar-refractivity contribution is -0.119. The van der Waals surface area contributed by atoms with Gasteiger partial charge in [0, 0.05) is 19.4 Å². The van der Waals surface area contributed by atoms with E-state index in [4.69, 9.17) is 16.0 Å². The maximum atomic E-state index is 12.7. The van der Waals surface area contributed by atoms with Crippen LogP contribution in [0.5, 0.6) is 0 Å². The molecular weight excluding hydrogens is 372 g/mol. The molecule has 3 aromatic heterocycles. The molecule has 27 heavy (non-hydrogen) atoms. The zero-order valence-corrected chi connectivity index (χ0v) is 15.6. The van der Waals surface area contributed by atoms with Gasteiger partial charge in [0.15, 0.2) is 5.69 Å². The van der Waals surface area contributed by atoms with Crippen LogP contribution >= 0.6 is 11.6 Å². The first-order valence-electron chi connectivity index (χ1n) is 8.32. The van der Waals surface area contributed by atoms with E-state index in [1.807, 2.05) is 6.92 Å². The van der Waals surface area contributed by atoms with E-state index in [9.17, 15) is 9.59 Å². The fourth-order valence-electron chi connectivity index (χ4n) is 2.61. The van der Waals surface area contributed by atoms with E-state index in [1.54, 1.807) is 31.6 Å². The van der Waals surface area contributed by atoms with Crippen LogP contribution in [-0.2, 0) is 18.4 Å². The van der Waals surface area contributed by atoms with Gasteiger partial charge < -0.3 is 15.1 Å². The Balaban J connectivity index is 1.72. The second-order valence-corrected chi connectivity index (χ2v) is 6.32. The highest BCUT2D eigenvalue weighted by Crippen LogP contribution is 2.19. The normalized spacial score (nSPS) is 12.0. The van der Waals surface area contributed by atoms with E-state index in [1.165, 1.54) is 21.8 Å². The number of carbonyl (C=O) groups is 2. The van der Waals surface area contributed by atoms with E-state index in [-0.39, 0.29) is 18.1 Å². The number of rotatable bonds is 7. The van der Waals surface area contributed by atoms with E-state index in [0.29, 0.717) is 22.9 Å². The van der Waals surface area contributed by atoms with Crippen molar-refractivity contribution in [2.75, 3.05) is 5.32 Å². The summed E-state index contributed by atoms with van der Waals surface area (Å²) in [6, 6.07) is 2.93. The zero-order chi connectivity index (χ0) is 19.4. The summed E-state index contributed by atoms with van der Waals surface area (Å²) in [6.07, 6.45) is 6.65. The van der Waals surface area contributed by atoms with Crippen LogP contribution in [0.15, 0.2) is 41.4 Å². The van der Waals surface area contributed by atoms with Crippen molar-refractivity contribution in [3.63, 3.8) is 0 Å². The topological polar surface area (TPSA) is 107 Å². The number of amides is 2. The minimum atomic E-state index is -0.559. The zero-order valence-electron chi connectivity index (χ0n) is 14.8. The molecule has 0 radical (unpaired) electrons. The molecule has 0 spiro atoms. The number of nitrogens with one attached hydrogen (secondary N) is 2. The molecule has 0 bridgehead atoms. The van der Waals surface area contributed by atoms with E-state index < -0.39 is 11.9 Å². The first-order chi connectivity index (χ1) is 13.0. The van der Waals surface area contributed by atoms with Crippen molar-refractivity contribution in [2.45, 2.75) is 25.9 Å². The van der Waals surface area contributed by atoms with Crippen LogP contribution in [0.2, 0.25) is 5.02 Å². The number of aromatic nitrogens is 4. The largest absolute Gasteiger partial charge is 0.467 e. The number of anilines is 1. The van der Waals surface area contributed by atoms with Gasteiger partial charge in [-0.3, -0.25) is 19.0 Å². The Morgan fingerprint density at radius 3 is 2.81 bits per heavy atom. The van der Waals surface area contributed by atoms with Gasteiger partial charge in [-0.05, 0) is 18.6 Å². The van der Waals surface area contributed by atoms with Crippen LogP contribution in [0.1, 0.15) is 35.6 Å². The van der Waals surface area contributed by atoms with E-state index >= 15 is 0 Å². The number of carbonyl (C=O) groups excluding carboxylic acids is 2. The van der Waals surface area contributed by atoms with Crippen molar-refractivity contribution in [1.29, 1.82) is 0 Å². The maximum Gasteiger partial charge on any atom is 0.274 e. The highest BCUT2D eigenvalue weighted by molar-refractivity contribution is 6.30. The second-order valence-electron chi connectivity index (χ2n) is 5.88. The third-order valence-corrected chi connectivity index (χ3v) is 4.08. The molecular formula is C17H19ClN6O3. The van der Waals surface area contributed by atoms with Crippen molar-refractivity contribution in [2.24, 2.45) is 7.05 Å². The third kappa shape index (κ3) is 4.37. The van der Waals surface area contributed by atoms with Crippen LogP contribution in [0.3, 0.4) is 0 Å². The summed E-state index contributed by atoms with van der Waals surface area (Å²) >= 11 is 5.88. The predicted octanol–water partition coefficient (Wildman–Crippen LogP) is 2.38. The van der Waals surface area contributed by atoms with E-state index in [2.05, 4.69) is 20.8 Å². The minimum absolute atomic E-state index is 0.116. The fraction of sp³-hybridized carbons (Fsp3) is 0.294. The lowest BCUT2D eigenvalue weighted by Gasteiger charge is -2.15. The van der Waals surface area contributed by atoms with Crippen LogP contribution in [0.25, 0.3) is 0 Å². The molecule has 2 N–H and O–H groups in total. The Morgan fingerprint density at radius 2 is 2.19 bits per heavy atom. The molecule has 0 fully saturated rings. The molecule has 0 saturated heterocycles. The second kappa shape index (κ2) is 8.09. The molecule has 2 amide bonds. The summed E-state index contributed by atoms with van der Waals surface area (Å²) in [6.45, 7) is 2.08. The van der Waals surface area contributed by atoms with Gasteiger partial charge in [0.05, 0.1) is 29.7 Å². The first kappa shape index (κ1) is 18.7. The molecule has 9 nitrogen and oxygen atoms in total. The Hall–Kier alpha value is -3.07. The average molecular weight is 391 g/mol. The molecule has 142 valence electrons. The van der Waals surface area contributed by atoms with Crippen molar-refractivity contribution >= 4 is 29.1 Å². The van der Waals surface area contributed by atoms with Gasteiger partial charge in [-0.1, -0.05) is 18.5 Å². The minimum Gasteiger partial charge on any atom is -0.467 e. The highest BCUT2D eigenvalue weighted by Gasteiger charge is 2.23. The molecule has 10 heteroatoms. The molecule has 0 saturated carbocycles. The summed E-state index contributed by atoms with van der Waals surface area (Å²) in [5.41, 5.74) is 0.432. The molecule has 0 aromatic carbocycles. The molecule has 0 aliphatic heterocycles. The van der Waals surface area contributed by atoms with Crippen molar-refractivity contribution < 1.29 is 14.0 Å². The predicted molar refractivity (Wildman–Crippen MR) is 98.3 cm³/mol. The van der Waals surface area contributed by atoms with Gasteiger partial charge in [0.2, 0.25) is 5.91 Å².